The van der Waals surface area contributed by atoms with Crippen LogP contribution in [0.1, 0.15) is 18.2 Å². The fourth-order valence-corrected chi connectivity index (χ4v) is 1.57. The van der Waals surface area contributed by atoms with Crippen molar-refractivity contribution in [2.45, 2.75) is 13.3 Å². The topological polar surface area (TPSA) is 39.4 Å². The Hall–Kier alpha value is -1.77. The molecule has 1 aromatic carbocycles. The van der Waals surface area contributed by atoms with Gasteiger partial charge in [-0.25, -0.2) is 0 Å². The second-order valence-electron chi connectivity index (χ2n) is 3.23. The molecule has 2 aromatic rings. The monoisotopic (exact) mass is 203 g/mol. The minimum Gasteiger partial charge on any atom is -0.493 e. The van der Waals surface area contributed by atoms with Crippen molar-refractivity contribution in [3.63, 3.8) is 0 Å². The van der Waals surface area contributed by atoms with Crippen LogP contribution in [-0.2, 0) is 11.2 Å². The maximum absolute atomic E-state index is 10.7. The molecule has 15 heavy (non-hydrogen) atoms. The highest BCUT2D eigenvalue weighted by molar-refractivity contribution is 5.98. The molecule has 0 atom stereocenters. The summed E-state index contributed by atoms with van der Waals surface area (Å²) in [6.45, 7) is 1.99. The molecule has 0 saturated carbocycles. The summed E-state index contributed by atoms with van der Waals surface area (Å²) in [5.41, 5.74) is 1.13. The van der Waals surface area contributed by atoms with Gasteiger partial charge in [0, 0.05) is 17.4 Å². The van der Waals surface area contributed by atoms with Gasteiger partial charge in [-0.15, -0.1) is 0 Å². The van der Waals surface area contributed by atoms with E-state index in [2.05, 4.69) is 0 Å². The van der Waals surface area contributed by atoms with E-state index < -0.39 is 0 Å². The zero-order valence-electron chi connectivity index (χ0n) is 8.66. The molecule has 77 valence electrons. The first-order valence-electron chi connectivity index (χ1n) is 4.77. The van der Waals surface area contributed by atoms with Crippen LogP contribution in [0.25, 0.3) is 11.0 Å². The normalized spacial score (nSPS) is 10.5. The molecule has 0 saturated heterocycles. The Morgan fingerprint density at radius 1 is 1.47 bits per heavy atom. The van der Waals surface area contributed by atoms with Gasteiger partial charge in [-0.3, -0.25) is 4.79 Å². The van der Waals surface area contributed by atoms with Crippen LogP contribution in [0.4, 0.5) is 0 Å². The fourth-order valence-electron chi connectivity index (χ4n) is 1.57. The molecule has 0 amide bonds. The Morgan fingerprint density at radius 2 is 2.27 bits per heavy atom. The average molecular weight is 203 g/mol. The Morgan fingerprint density at radius 3 is 2.87 bits per heavy atom. The maximum Gasteiger partial charge on any atom is 0.234 e. The number of methoxy groups -OCH3 is 1. The standard InChI is InChI=1S/C12H11O3/c1-3-9-6-10-8(7-13)4-5-11(14-2)12(10)15-9/h4-6H,3H2,1-2H3. The molecule has 0 fully saturated rings. The highest BCUT2D eigenvalue weighted by Crippen LogP contribution is 2.30. The van der Waals surface area contributed by atoms with Gasteiger partial charge in [-0.2, -0.15) is 0 Å². The minimum atomic E-state index is 0.509. The van der Waals surface area contributed by atoms with E-state index in [1.54, 1.807) is 19.2 Å². The van der Waals surface area contributed by atoms with E-state index in [4.69, 9.17) is 9.15 Å². The molecule has 0 aliphatic heterocycles. The summed E-state index contributed by atoms with van der Waals surface area (Å²) >= 11 is 0. The van der Waals surface area contributed by atoms with Gasteiger partial charge in [-0.1, -0.05) is 6.92 Å². The van der Waals surface area contributed by atoms with E-state index in [1.165, 1.54) is 0 Å². The van der Waals surface area contributed by atoms with Gasteiger partial charge in [0.15, 0.2) is 11.3 Å². The van der Waals surface area contributed by atoms with Crippen LogP contribution in [0.3, 0.4) is 0 Å². The van der Waals surface area contributed by atoms with Crippen molar-refractivity contribution >= 4 is 17.3 Å². The molecule has 2 rings (SSSR count). The van der Waals surface area contributed by atoms with Gasteiger partial charge in [0.05, 0.1) is 7.11 Å². The second kappa shape index (κ2) is 3.77. The molecule has 0 aliphatic carbocycles. The first kappa shape index (κ1) is 9.77. The Bertz CT molecular complexity index is 497. The Balaban J connectivity index is 2.77. The van der Waals surface area contributed by atoms with Crippen LogP contribution in [0, 0.1) is 0 Å². The predicted octanol–water partition coefficient (Wildman–Crippen LogP) is 2.46. The number of rotatable bonds is 3. The number of benzene rings is 1. The van der Waals surface area contributed by atoms with Gasteiger partial charge in [-0.05, 0) is 18.2 Å². The van der Waals surface area contributed by atoms with Crippen molar-refractivity contribution in [3.05, 3.63) is 29.5 Å². The third-order valence-electron chi connectivity index (χ3n) is 2.38. The summed E-state index contributed by atoms with van der Waals surface area (Å²) in [6.07, 6.45) is 2.68. The van der Waals surface area contributed by atoms with Crippen LogP contribution in [0.2, 0.25) is 0 Å². The van der Waals surface area contributed by atoms with Crippen LogP contribution < -0.4 is 4.74 Å². The van der Waals surface area contributed by atoms with Crippen LogP contribution in [0.15, 0.2) is 22.6 Å². The molecule has 0 unspecified atom stereocenters. The lowest BCUT2D eigenvalue weighted by molar-refractivity contribution is 0.408. The molecular weight excluding hydrogens is 192 g/mol. The SMILES string of the molecule is CCc1cc2c([C]=O)ccc(OC)c2o1. The summed E-state index contributed by atoms with van der Waals surface area (Å²) in [7, 11) is 1.58. The van der Waals surface area contributed by atoms with Gasteiger partial charge in [0.1, 0.15) is 5.76 Å². The van der Waals surface area contributed by atoms with Gasteiger partial charge >= 0.3 is 0 Å². The Kier molecular flexibility index (Phi) is 2.46. The van der Waals surface area contributed by atoms with Crippen LogP contribution in [0.5, 0.6) is 5.75 Å². The molecule has 0 spiro atoms. The lowest BCUT2D eigenvalue weighted by atomic mass is 10.1. The highest BCUT2D eigenvalue weighted by Gasteiger charge is 2.11. The molecule has 0 bridgehead atoms. The van der Waals surface area contributed by atoms with E-state index in [0.717, 1.165) is 17.6 Å². The summed E-state index contributed by atoms with van der Waals surface area (Å²) in [5, 5.41) is 0.765. The maximum atomic E-state index is 10.7. The number of ether oxygens (including phenoxy) is 1. The van der Waals surface area contributed by atoms with Crippen molar-refractivity contribution in [2.75, 3.05) is 7.11 Å². The average Bonchev–Trinajstić information content (AvgIpc) is 2.71. The summed E-state index contributed by atoms with van der Waals surface area (Å²) < 4.78 is 10.7. The lowest BCUT2D eigenvalue weighted by Gasteiger charge is -2.00. The number of hydrogen-bond donors (Lipinski definition) is 0. The summed E-state index contributed by atoms with van der Waals surface area (Å²) in [4.78, 5) is 10.7. The minimum absolute atomic E-state index is 0.509. The first-order valence-corrected chi connectivity index (χ1v) is 4.77. The smallest absolute Gasteiger partial charge is 0.234 e. The van der Waals surface area contributed by atoms with Crippen molar-refractivity contribution in [1.29, 1.82) is 0 Å². The highest BCUT2D eigenvalue weighted by atomic mass is 16.5. The largest absolute Gasteiger partial charge is 0.493 e. The number of fused-ring (bicyclic) bond motifs is 1. The number of furan rings is 1. The van der Waals surface area contributed by atoms with Gasteiger partial charge < -0.3 is 9.15 Å². The quantitative estimate of drug-likeness (QED) is 0.769. The zero-order chi connectivity index (χ0) is 10.8. The van der Waals surface area contributed by atoms with Crippen molar-refractivity contribution < 1.29 is 13.9 Å². The second-order valence-corrected chi connectivity index (χ2v) is 3.23. The van der Waals surface area contributed by atoms with Crippen molar-refractivity contribution in [3.8, 4) is 5.75 Å². The van der Waals surface area contributed by atoms with Gasteiger partial charge in [0.2, 0.25) is 6.29 Å². The van der Waals surface area contributed by atoms with E-state index in [1.807, 2.05) is 19.3 Å². The van der Waals surface area contributed by atoms with Crippen molar-refractivity contribution in [1.82, 2.24) is 0 Å². The molecule has 0 N–H and O–H groups in total. The number of carbonyl (C=O) groups excluding carboxylic acids is 1. The Labute approximate surface area is 87.6 Å². The van der Waals surface area contributed by atoms with Gasteiger partial charge in [0.25, 0.3) is 0 Å². The molecule has 0 aliphatic rings. The molecule has 3 nitrogen and oxygen atoms in total. The van der Waals surface area contributed by atoms with E-state index >= 15 is 0 Å². The van der Waals surface area contributed by atoms with Crippen molar-refractivity contribution in [2.24, 2.45) is 0 Å². The lowest BCUT2D eigenvalue weighted by Crippen LogP contribution is -1.86. The van der Waals surface area contributed by atoms with Crippen LogP contribution in [-0.4, -0.2) is 13.4 Å². The molecular formula is C12H11O3. The number of aryl methyl sites for hydroxylation is 1. The predicted molar refractivity (Wildman–Crippen MR) is 56.9 cm³/mol. The molecule has 1 heterocycles. The first-order chi connectivity index (χ1) is 7.30. The van der Waals surface area contributed by atoms with E-state index in [9.17, 15) is 4.79 Å². The zero-order valence-corrected chi connectivity index (χ0v) is 8.66. The van der Waals surface area contributed by atoms with E-state index in [-0.39, 0.29) is 0 Å². The van der Waals surface area contributed by atoms with Crippen LogP contribution >= 0.6 is 0 Å². The summed E-state index contributed by atoms with van der Waals surface area (Å²) in [6, 6.07) is 5.26. The third kappa shape index (κ3) is 1.50. The third-order valence-corrected chi connectivity index (χ3v) is 2.38. The molecule has 1 radical (unpaired) electrons. The fraction of sp³-hybridized carbons (Fsp3) is 0.250. The number of hydrogen-bond acceptors (Lipinski definition) is 3. The molecule has 3 heteroatoms. The van der Waals surface area contributed by atoms with E-state index in [0.29, 0.717) is 16.9 Å². The molecule has 1 aromatic heterocycles. The summed E-state index contributed by atoms with van der Waals surface area (Å²) in [5.74, 6) is 1.48.